The van der Waals surface area contributed by atoms with Crippen LogP contribution in [0, 0.1) is 63.1 Å². The molecule has 0 amide bonds. The van der Waals surface area contributed by atoms with E-state index in [0.29, 0.717) is 21.7 Å². The zero-order valence-corrected chi connectivity index (χ0v) is 34.1. The predicted molar refractivity (Wildman–Crippen MR) is 199 cm³/mol. The zero-order valence-electron chi connectivity index (χ0n) is 34.1. The first-order valence-electron chi connectivity index (χ1n) is 18.8. The fourth-order valence-corrected chi connectivity index (χ4v) is 6.43. The minimum Gasteiger partial charge on any atom is -0.0651 e. The molecule has 2 rings (SSSR count). The monoisotopic (exact) mass is 595 g/mol. The largest absolute Gasteiger partial charge is 0.0651 e. The van der Waals surface area contributed by atoms with Crippen LogP contribution in [0.3, 0.4) is 0 Å². The SMILES string of the molecule is CC(C)C(C)C(C)C.CC1CC(C)(C)CC(C)(C)C1.CC1CCC(C)(C)CC1.CCC(C)(C)CC.CC[C@H](C)C(C)C. The number of hydrogen-bond acceptors (Lipinski definition) is 0. The van der Waals surface area contributed by atoms with Gasteiger partial charge in [0.05, 0.1) is 0 Å². The van der Waals surface area contributed by atoms with Crippen LogP contribution in [0.25, 0.3) is 0 Å². The average Bonchev–Trinajstić information content (AvgIpc) is 2.84. The maximum Gasteiger partial charge on any atom is -0.0347 e. The van der Waals surface area contributed by atoms with Crippen molar-refractivity contribution < 1.29 is 0 Å². The molecule has 1 atom stereocenters. The van der Waals surface area contributed by atoms with Gasteiger partial charge in [-0.3, -0.25) is 0 Å². The molecule has 0 bridgehead atoms. The lowest BCUT2D eigenvalue weighted by Crippen LogP contribution is -2.32. The Bertz CT molecular complexity index is 574. The summed E-state index contributed by atoms with van der Waals surface area (Å²) in [5, 5.41) is 0. The van der Waals surface area contributed by atoms with Crippen molar-refractivity contribution >= 4 is 0 Å². The third-order valence-corrected chi connectivity index (χ3v) is 11.2. The quantitative estimate of drug-likeness (QED) is 0.287. The van der Waals surface area contributed by atoms with Crippen LogP contribution in [0.5, 0.6) is 0 Å². The second-order valence-corrected chi connectivity index (χ2v) is 19.2. The molecule has 0 heterocycles. The summed E-state index contributed by atoms with van der Waals surface area (Å²) in [6, 6.07) is 0. The average molecular weight is 595 g/mol. The van der Waals surface area contributed by atoms with E-state index in [0.717, 1.165) is 41.4 Å². The van der Waals surface area contributed by atoms with Crippen LogP contribution in [0.2, 0.25) is 0 Å². The molecule has 0 nitrogen and oxygen atoms in total. The van der Waals surface area contributed by atoms with Gasteiger partial charge in [-0.1, -0.05) is 178 Å². The molecule has 2 saturated carbocycles. The van der Waals surface area contributed by atoms with Gasteiger partial charge in [0.2, 0.25) is 0 Å². The zero-order chi connectivity index (χ0) is 34.1. The Balaban J connectivity index is -0.000000459. The van der Waals surface area contributed by atoms with E-state index >= 15 is 0 Å². The Hall–Kier alpha value is 0. The van der Waals surface area contributed by atoms with Crippen molar-refractivity contribution in [2.24, 2.45) is 63.1 Å². The minimum absolute atomic E-state index is 0.583. The van der Waals surface area contributed by atoms with E-state index in [2.05, 4.69) is 145 Å². The van der Waals surface area contributed by atoms with Crippen LogP contribution in [0.15, 0.2) is 0 Å². The van der Waals surface area contributed by atoms with Gasteiger partial charge in [-0.25, -0.2) is 0 Å². The minimum atomic E-state index is 0.583. The van der Waals surface area contributed by atoms with Crippen LogP contribution in [-0.4, -0.2) is 0 Å². The second kappa shape index (κ2) is 21.7. The molecule has 0 radical (unpaired) electrons. The van der Waals surface area contributed by atoms with Gasteiger partial charge < -0.3 is 0 Å². The molecule has 2 aliphatic rings. The number of hydrogen-bond donors (Lipinski definition) is 0. The van der Waals surface area contributed by atoms with Gasteiger partial charge >= 0.3 is 0 Å². The van der Waals surface area contributed by atoms with E-state index in [1.807, 2.05) is 0 Å². The molecule has 0 unspecified atom stereocenters. The van der Waals surface area contributed by atoms with Gasteiger partial charge in [-0.2, -0.15) is 0 Å². The van der Waals surface area contributed by atoms with Gasteiger partial charge in [-0.15, -0.1) is 0 Å². The van der Waals surface area contributed by atoms with Crippen LogP contribution < -0.4 is 0 Å². The Morgan fingerprint density at radius 2 is 0.929 bits per heavy atom. The molecule has 0 aromatic carbocycles. The van der Waals surface area contributed by atoms with Crippen LogP contribution in [0.1, 0.15) is 210 Å². The van der Waals surface area contributed by atoms with Crippen molar-refractivity contribution in [2.45, 2.75) is 210 Å². The van der Waals surface area contributed by atoms with Crippen LogP contribution in [-0.2, 0) is 0 Å². The third-order valence-electron chi connectivity index (χ3n) is 11.2. The van der Waals surface area contributed by atoms with E-state index in [4.69, 9.17) is 0 Å². The Morgan fingerprint density at radius 1 is 0.571 bits per heavy atom. The van der Waals surface area contributed by atoms with Crippen molar-refractivity contribution in [1.29, 1.82) is 0 Å². The normalized spacial score (nSPS) is 20.8. The highest BCUT2D eigenvalue weighted by Gasteiger charge is 2.36. The molecule has 2 aliphatic carbocycles. The van der Waals surface area contributed by atoms with E-state index in [9.17, 15) is 0 Å². The van der Waals surface area contributed by atoms with E-state index < -0.39 is 0 Å². The Morgan fingerprint density at radius 3 is 1.07 bits per heavy atom. The molecule has 0 heteroatoms. The highest BCUT2D eigenvalue weighted by molar-refractivity contribution is 4.87. The fraction of sp³-hybridized carbons (Fsp3) is 1.00. The van der Waals surface area contributed by atoms with Crippen molar-refractivity contribution in [3.05, 3.63) is 0 Å². The topological polar surface area (TPSA) is 0 Å². The Labute approximate surface area is 272 Å². The first-order chi connectivity index (χ1) is 18.8. The molecule has 2 fully saturated rings. The lowest BCUT2D eigenvalue weighted by Gasteiger charge is -2.44. The van der Waals surface area contributed by atoms with Crippen molar-refractivity contribution in [1.82, 2.24) is 0 Å². The van der Waals surface area contributed by atoms with Gasteiger partial charge in [0, 0.05) is 0 Å². The summed E-state index contributed by atoms with van der Waals surface area (Å²) in [6.45, 7) is 48.8. The summed E-state index contributed by atoms with van der Waals surface area (Å²) in [4.78, 5) is 0. The van der Waals surface area contributed by atoms with Crippen molar-refractivity contribution in [3.8, 4) is 0 Å². The van der Waals surface area contributed by atoms with Crippen molar-refractivity contribution in [3.63, 3.8) is 0 Å². The molecule has 0 spiro atoms. The number of rotatable bonds is 6. The van der Waals surface area contributed by atoms with Gasteiger partial charge in [0.25, 0.3) is 0 Å². The smallest absolute Gasteiger partial charge is 0.0347 e. The maximum atomic E-state index is 2.41. The molecule has 42 heavy (non-hydrogen) atoms. The highest BCUT2D eigenvalue weighted by atomic mass is 14.4. The molecule has 258 valence electrons. The summed E-state index contributed by atoms with van der Waals surface area (Å²) in [5.41, 5.74) is 2.41. The molecular weight excluding hydrogens is 504 g/mol. The first-order valence-corrected chi connectivity index (χ1v) is 18.8. The lowest BCUT2D eigenvalue weighted by atomic mass is 9.62. The van der Waals surface area contributed by atoms with Crippen molar-refractivity contribution in [2.75, 3.05) is 0 Å². The fourth-order valence-electron chi connectivity index (χ4n) is 6.43. The van der Waals surface area contributed by atoms with Crippen LogP contribution >= 0.6 is 0 Å². The molecule has 0 saturated heterocycles. The van der Waals surface area contributed by atoms with E-state index in [1.54, 1.807) is 0 Å². The Kier molecular flexibility index (Phi) is 24.0. The van der Waals surface area contributed by atoms with E-state index in [-0.39, 0.29) is 0 Å². The van der Waals surface area contributed by atoms with E-state index in [1.165, 1.54) is 64.2 Å². The second-order valence-electron chi connectivity index (χ2n) is 19.2. The van der Waals surface area contributed by atoms with Crippen LogP contribution in [0.4, 0.5) is 0 Å². The first kappa shape index (κ1) is 46.4. The standard InChI is InChI=1S/C11H22.C9H18.C8H18.2C7H16/c1-9-6-10(2,3)8-11(4,5)7-9;1-8-4-6-9(2,3)7-5-8;1-6(2)8(5)7(3)4;1-5-7(3,4)6-2;1-5-7(4)6(2)3/h9H,6-8H2,1-5H3;8H,4-7H2,1-3H3;6-8H,1-5H3;5-6H2,1-4H3;6-7H,5H2,1-4H3/t;;;;7-/m....0/s1. The predicted octanol–water partition coefficient (Wildman–Crippen LogP) is 15.5. The summed E-state index contributed by atoms with van der Waals surface area (Å²) in [5.74, 6) is 6.25. The molecule has 0 N–H and O–H groups in total. The maximum absolute atomic E-state index is 2.41. The van der Waals surface area contributed by atoms with Gasteiger partial charge in [0.15, 0.2) is 0 Å². The molecular formula is C42H90. The summed E-state index contributed by atoms with van der Waals surface area (Å²) >= 11 is 0. The summed E-state index contributed by atoms with van der Waals surface area (Å²) in [7, 11) is 0. The molecule has 0 aromatic rings. The lowest BCUT2D eigenvalue weighted by molar-refractivity contribution is 0.0754. The highest BCUT2D eigenvalue weighted by Crippen LogP contribution is 2.48. The van der Waals surface area contributed by atoms with Gasteiger partial charge in [0.1, 0.15) is 0 Å². The summed E-state index contributed by atoms with van der Waals surface area (Å²) in [6.07, 6.45) is 13.9. The summed E-state index contributed by atoms with van der Waals surface area (Å²) < 4.78 is 0. The molecule has 0 aromatic heterocycles. The molecule has 0 aliphatic heterocycles. The van der Waals surface area contributed by atoms with Gasteiger partial charge in [-0.05, 0) is 95.2 Å². The third kappa shape index (κ3) is 26.4.